The van der Waals surface area contributed by atoms with Crippen molar-refractivity contribution in [1.29, 1.82) is 0 Å². The normalized spacial score (nSPS) is 10.2. The molecule has 0 fully saturated rings. The third-order valence-corrected chi connectivity index (χ3v) is 3.42. The van der Waals surface area contributed by atoms with E-state index < -0.39 is 0 Å². The van der Waals surface area contributed by atoms with E-state index in [4.69, 9.17) is 0 Å². The third kappa shape index (κ3) is 2.86. The number of hydrogen-bond donors (Lipinski definition) is 0. The van der Waals surface area contributed by atoms with Crippen molar-refractivity contribution in [2.24, 2.45) is 0 Å². The highest BCUT2D eigenvalue weighted by Crippen LogP contribution is 2.21. The summed E-state index contributed by atoms with van der Waals surface area (Å²) in [7, 11) is 1.73. The Morgan fingerprint density at radius 1 is 0.909 bits per heavy atom. The van der Waals surface area contributed by atoms with E-state index in [1.165, 1.54) is 0 Å². The molecule has 3 rings (SSSR count). The fraction of sp³-hybridized carbons (Fsp3) is 0.0556. The van der Waals surface area contributed by atoms with Crippen LogP contribution in [0.2, 0.25) is 0 Å². The molecule has 0 radical (unpaired) electrons. The molecule has 0 aliphatic heterocycles. The smallest absolute Gasteiger partial charge is 0.259 e. The number of amides is 1. The molecule has 0 aliphatic rings. The summed E-state index contributed by atoms with van der Waals surface area (Å²) in [5.41, 5.74) is 2.65. The number of nitrogens with zero attached hydrogens (tertiary/aromatic N) is 3. The molecule has 2 heterocycles. The molecule has 2 aromatic heterocycles. The minimum Gasteiger partial charge on any atom is -0.296 e. The summed E-state index contributed by atoms with van der Waals surface area (Å²) in [5.74, 6) is 0.538. The van der Waals surface area contributed by atoms with Gasteiger partial charge in [0, 0.05) is 31.2 Å². The van der Waals surface area contributed by atoms with E-state index in [1.54, 1.807) is 30.5 Å². The molecular formula is C18H15N3O. The maximum Gasteiger partial charge on any atom is 0.259 e. The van der Waals surface area contributed by atoms with Crippen LogP contribution in [-0.4, -0.2) is 22.9 Å². The molecule has 4 nitrogen and oxygen atoms in total. The van der Waals surface area contributed by atoms with Gasteiger partial charge in [-0.15, -0.1) is 0 Å². The first-order chi connectivity index (χ1) is 10.8. The van der Waals surface area contributed by atoms with Gasteiger partial charge in [0.15, 0.2) is 0 Å². The second kappa shape index (κ2) is 6.18. The molecule has 0 spiro atoms. The molecule has 0 saturated carbocycles. The molecule has 0 saturated heterocycles. The van der Waals surface area contributed by atoms with Crippen LogP contribution in [0.5, 0.6) is 0 Å². The Kier molecular flexibility index (Phi) is 3.92. The van der Waals surface area contributed by atoms with E-state index >= 15 is 0 Å². The Morgan fingerprint density at radius 2 is 1.73 bits per heavy atom. The molecule has 3 aromatic rings. The van der Waals surface area contributed by atoms with E-state index in [-0.39, 0.29) is 5.91 Å². The molecule has 108 valence electrons. The van der Waals surface area contributed by atoms with Crippen molar-refractivity contribution >= 4 is 11.7 Å². The molecule has 0 unspecified atom stereocenters. The van der Waals surface area contributed by atoms with Crippen molar-refractivity contribution in [3.63, 3.8) is 0 Å². The monoisotopic (exact) mass is 289 g/mol. The van der Waals surface area contributed by atoms with Gasteiger partial charge < -0.3 is 0 Å². The summed E-state index contributed by atoms with van der Waals surface area (Å²) >= 11 is 0. The summed E-state index contributed by atoms with van der Waals surface area (Å²) in [5, 5.41) is 0. The highest BCUT2D eigenvalue weighted by atomic mass is 16.2. The van der Waals surface area contributed by atoms with Crippen molar-refractivity contribution in [3.8, 4) is 11.1 Å². The fourth-order valence-electron chi connectivity index (χ4n) is 2.23. The van der Waals surface area contributed by atoms with Gasteiger partial charge >= 0.3 is 0 Å². The van der Waals surface area contributed by atoms with Crippen molar-refractivity contribution in [3.05, 3.63) is 78.8 Å². The van der Waals surface area contributed by atoms with E-state index in [2.05, 4.69) is 9.97 Å². The fourth-order valence-corrected chi connectivity index (χ4v) is 2.23. The van der Waals surface area contributed by atoms with Gasteiger partial charge in [-0.2, -0.15) is 0 Å². The molecule has 4 heteroatoms. The van der Waals surface area contributed by atoms with Crippen LogP contribution in [0.4, 0.5) is 5.82 Å². The maximum absolute atomic E-state index is 12.6. The summed E-state index contributed by atoms with van der Waals surface area (Å²) in [6.07, 6.45) is 5.15. The summed E-state index contributed by atoms with van der Waals surface area (Å²) in [4.78, 5) is 22.4. The van der Waals surface area contributed by atoms with Crippen molar-refractivity contribution < 1.29 is 4.79 Å². The average Bonchev–Trinajstić information content (AvgIpc) is 2.62. The second-order valence-electron chi connectivity index (χ2n) is 4.87. The predicted octanol–water partition coefficient (Wildman–Crippen LogP) is 3.42. The Balaban J connectivity index is 1.91. The summed E-state index contributed by atoms with van der Waals surface area (Å²) in [6, 6.07) is 16.9. The van der Waals surface area contributed by atoms with Crippen LogP contribution in [-0.2, 0) is 0 Å². The van der Waals surface area contributed by atoms with Crippen LogP contribution >= 0.6 is 0 Å². The summed E-state index contributed by atoms with van der Waals surface area (Å²) in [6.45, 7) is 0. The van der Waals surface area contributed by atoms with Gasteiger partial charge in [0.1, 0.15) is 5.82 Å². The highest BCUT2D eigenvalue weighted by Gasteiger charge is 2.14. The molecule has 1 aromatic carbocycles. The largest absolute Gasteiger partial charge is 0.296 e. The topological polar surface area (TPSA) is 46.1 Å². The SMILES string of the molecule is CN(C(=O)c1cccc(-c2ccncc2)c1)c1ccccn1. The minimum absolute atomic E-state index is 0.0883. The number of benzene rings is 1. The van der Waals surface area contributed by atoms with Gasteiger partial charge in [0.25, 0.3) is 5.91 Å². The minimum atomic E-state index is -0.0883. The number of hydrogen-bond acceptors (Lipinski definition) is 3. The predicted molar refractivity (Wildman–Crippen MR) is 86.6 cm³/mol. The third-order valence-electron chi connectivity index (χ3n) is 3.42. The van der Waals surface area contributed by atoms with Crippen molar-refractivity contribution in [2.75, 3.05) is 11.9 Å². The van der Waals surface area contributed by atoms with E-state index in [0.717, 1.165) is 11.1 Å². The Morgan fingerprint density at radius 3 is 2.45 bits per heavy atom. The maximum atomic E-state index is 12.6. The zero-order chi connectivity index (χ0) is 15.4. The lowest BCUT2D eigenvalue weighted by Gasteiger charge is -2.16. The molecular weight excluding hydrogens is 274 g/mol. The first kappa shape index (κ1) is 13.9. The van der Waals surface area contributed by atoms with Crippen LogP contribution in [0.15, 0.2) is 73.2 Å². The molecule has 1 amide bonds. The average molecular weight is 289 g/mol. The van der Waals surface area contributed by atoms with Gasteiger partial charge in [0.2, 0.25) is 0 Å². The van der Waals surface area contributed by atoms with Crippen LogP contribution < -0.4 is 4.90 Å². The van der Waals surface area contributed by atoms with Crippen LogP contribution in [0.25, 0.3) is 11.1 Å². The number of pyridine rings is 2. The van der Waals surface area contributed by atoms with Gasteiger partial charge in [-0.05, 0) is 47.5 Å². The van der Waals surface area contributed by atoms with Gasteiger partial charge in [0.05, 0.1) is 0 Å². The number of aromatic nitrogens is 2. The first-order valence-corrected chi connectivity index (χ1v) is 6.95. The summed E-state index contributed by atoms with van der Waals surface area (Å²) < 4.78 is 0. The van der Waals surface area contributed by atoms with E-state index in [1.807, 2.05) is 54.6 Å². The lowest BCUT2D eigenvalue weighted by Crippen LogP contribution is -2.26. The Hall–Kier alpha value is -3.01. The molecule has 0 aliphatic carbocycles. The van der Waals surface area contributed by atoms with Gasteiger partial charge in [-0.3, -0.25) is 14.7 Å². The molecule has 0 atom stereocenters. The van der Waals surface area contributed by atoms with Gasteiger partial charge in [-0.25, -0.2) is 4.98 Å². The standard InChI is InChI=1S/C18H15N3O/c1-21(17-7-2-3-10-20-17)18(22)16-6-4-5-15(13-16)14-8-11-19-12-9-14/h2-13H,1H3. The number of anilines is 1. The Labute approximate surface area is 129 Å². The zero-order valence-electron chi connectivity index (χ0n) is 12.2. The number of rotatable bonds is 3. The van der Waals surface area contributed by atoms with Crippen LogP contribution in [0.3, 0.4) is 0 Å². The molecule has 0 bridgehead atoms. The van der Waals surface area contributed by atoms with Crippen LogP contribution in [0.1, 0.15) is 10.4 Å². The van der Waals surface area contributed by atoms with Gasteiger partial charge in [-0.1, -0.05) is 18.2 Å². The Bertz CT molecular complexity index is 773. The second-order valence-corrected chi connectivity index (χ2v) is 4.87. The lowest BCUT2D eigenvalue weighted by molar-refractivity contribution is 0.0992. The molecule has 22 heavy (non-hydrogen) atoms. The lowest BCUT2D eigenvalue weighted by atomic mass is 10.0. The number of carbonyl (C=O) groups is 1. The van der Waals surface area contributed by atoms with Crippen LogP contribution in [0, 0.1) is 0 Å². The quantitative estimate of drug-likeness (QED) is 0.742. The van der Waals surface area contributed by atoms with Crippen molar-refractivity contribution in [1.82, 2.24) is 9.97 Å². The van der Waals surface area contributed by atoms with E-state index in [9.17, 15) is 4.79 Å². The molecule has 0 N–H and O–H groups in total. The highest BCUT2D eigenvalue weighted by molar-refractivity contribution is 6.05. The first-order valence-electron chi connectivity index (χ1n) is 6.95. The van der Waals surface area contributed by atoms with Crippen molar-refractivity contribution in [2.45, 2.75) is 0 Å². The zero-order valence-corrected chi connectivity index (χ0v) is 12.2. The number of carbonyl (C=O) groups excluding carboxylic acids is 1. The van der Waals surface area contributed by atoms with E-state index in [0.29, 0.717) is 11.4 Å².